The number of aliphatic carboxylic acids is 1. The van der Waals surface area contributed by atoms with Gasteiger partial charge in [-0.2, -0.15) is 11.0 Å². The Bertz CT molecular complexity index is 578. The van der Waals surface area contributed by atoms with Gasteiger partial charge in [0.05, 0.1) is 26.4 Å². The predicted octanol–water partition coefficient (Wildman–Crippen LogP) is -0.627. The van der Waals surface area contributed by atoms with E-state index in [9.17, 15) is 14.4 Å². The fourth-order valence-electron chi connectivity index (χ4n) is 2.43. The summed E-state index contributed by atoms with van der Waals surface area (Å²) in [7, 11) is 0. The van der Waals surface area contributed by atoms with Gasteiger partial charge in [-0.15, -0.1) is 0 Å². The lowest BCUT2D eigenvalue weighted by molar-refractivity contribution is -0.161. The van der Waals surface area contributed by atoms with Crippen LogP contribution in [0.25, 0.3) is 0 Å². The fraction of sp³-hybridized carbons (Fsp3) is 0.762. The molecule has 0 saturated heterocycles. The highest BCUT2D eigenvalue weighted by molar-refractivity contribution is 5.84. The number of hydrogen-bond donors (Lipinski definition) is 7. The van der Waals surface area contributed by atoms with Crippen molar-refractivity contribution in [1.29, 1.82) is 0 Å². The maximum atomic E-state index is 11.5. The van der Waals surface area contributed by atoms with E-state index in [4.69, 9.17) is 35.2 Å². The first kappa shape index (κ1) is 33.1. The number of rotatable bonds is 16. The van der Waals surface area contributed by atoms with Crippen molar-refractivity contribution >= 4 is 17.9 Å². The Balaban J connectivity index is 0. The molecule has 33 heavy (non-hydrogen) atoms. The van der Waals surface area contributed by atoms with E-state index in [0.717, 1.165) is 12.8 Å². The van der Waals surface area contributed by atoms with Gasteiger partial charge in [0.25, 0.3) is 0 Å². The van der Waals surface area contributed by atoms with Crippen LogP contribution >= 0.6 is 0 Å². The van der Waals surface area contributed by atoms with Crippen molar-refractivity contribution in [2.24, 2.45) is 23.2 Å². The molecule has 0 aliphatic rings. The van der Waals surface area contributed by atoms with Gasteiger partial charge < -0.3 is 35.2 Å². The molecule has 0 aromatic carbocycles. The molecule has 0 aromatic heterocycles. The maximum absolute atomic E-state index is 11.5. The average molecular weight is 481 g/mol. The van der Waals surface area contributed by atoms with Gasteiger partial charge in [-0.05, 0) is 31.1 Å². The minimum atomic E-state index is -0.954. The Hall–Kier alpha value is -2.09. The quantitative estimate of drug-likeness (QED) is 0.0841. The SMILES string of the molecule is C=C(C)C(=O)O.CC(CCNOC(=O)C(CO)CO)CC(C)(C)CNOC(=O)C(CO)CO. The molecule has 0 heterocycles. The zero-order chi connectivity index (χ0) is 26.0. The van der Waals surface area contributed by atoms with Crippen LogP contribution in [0.4, 0.5) is 0 Å². The van der Waals surface area contributed by atoms with Gasteiger partial charge in [0.2, 0.25) is 0 Å². The number of carboxylic acids is 1. The highest BCUT2D eigenvalue weighted by Crippen LogP contribution is 2.26. The van der Waals surface area contributed by atoms with Crippen LogP contribution in [0.2, 0.25) is 0 Å². The summed E-state index contributed by atoms with van der Waals surface area (Å²) in [6.07, 6.45) is 1.52. The Morgan fingerprint density at radius 1 is 0.909 bits per heavy atom. The zero-order valence-corrected chi connectivity index (χ0v) is 19.9. The predicted molar refractivity (Wildman–Crippen MR) is 118 cm³/mol. The second kappa shape index (κ2) is 18.3. The fourth-order valence-corrected chi connectivity index (χ4v) is 2.43. The van der Waals surface area contributed by atoms with Gasteiger partial charge in [0, 0.05) is 18.7 Å². The standard InChI is InChI=1S/C17H34N2O8.C4H6O2/c1-12(4-5-18-26-15(24)13(7-20)8-21)6-17(2,3)11-19-27-16(25)14(9-22)10-23;1-3(2)4(5)6/h12-14,18-23H,4-11H2,1-3H3;1H2,2H3,(H,5,6). The van der Waals surface area contributed by atoms with Gasteiger partial charge in [0.15, 0.2) is 0 Å². The second-order valence-electron chi connectivity index (χ2n) is 8.53. The molecule has 0 spiro atoms. The molecule has 7 N–H and O–H groups in total. The van der Waals surface area contributed by atoms with E-state index in [1.165, 1.54) is 6.92 Å². The lowest BCUT2D eigenvalue weighted by Gasteiger charge is -2.28. The number of carboxylic acid groups (broad SMARTS) is 1. The van der Waals surface area contributed by atoms with Crippen LogP contribution < -0.4 is 11.0 Å². The number of hydrogen-bond acceptors (Lipinski definition) is 11. The van der Waals surface area contributed by atoms with Crippen LogP contribution in [0.5, 0.6) is 0 Å². The molecular weight excluding hydrogens is 440 g/mol. The van der Waals surface area contributed by atoms with E-state index in [1.54, 1.807) is 0 Å². The third kappa shape index (κ3) is 17.1. The van der Waals surface area contributed by atoms with Crippen LogP contribution in [-0.2, 0) is 24.1 Å². The first-order chi connectivity index (χ1) is 15.3. The molecule has 0 saturated carbocycles. The highest BCUT2D eigenvalue weighted by Gasteiger charge is 2.24. The Morgan fingerprint density at radius 2 is 1.30 bits per heavy atom. The summed E-state index contributed by atoms with van der Waals surface area (Å²) < 4.78 is 0. The first-order valence-electron chi connectivity index (χ1n) is 10.5. The van der Waals surface area contributed by atoms with E-state index in [-0.39, 0.29) is 16.9 Å². The van der Waals surface area contributed by atoms with E-state index in [0.29, 0.717) is 13.1 Å². The van der Waals surface area contributed by atoms with Crippen molar-refractivity contribution in [3.8, 4) is 0 Å². The lowest BCUT2D eigenvalue weighted by Crippen LogP contribution is -2.36. The summed E-state index contributed by atoms with van der Waals surface area (Å²) in [4.78, 5) is 42.2. The second-order valence-corrected chi connectivity index (χ2v) is 8.53. The van der Waals surface area contributed by atoms with Crippen LogP contribution in [0.1, 0.15) is 40.5 Å². The minimum Gasteiger partial charge on any atom is -0.478 e. The number of carbonyl (C=O) groups is 3. The minimum absolute atomic E-state index is 0.176. The summed E-state index contributed by atoms with van der Waals surface area (Å²) in [6, 6.07) is 0. The lowest BCUT2D eigenvalue weighted by atomic mass is 9.82. The highest BCUT2D eigenvalue weighted by atomic mass is 16.7. The van der Waals surface area contributed by atoms with Crippen molar-refractivity contribution in [2.45, 2.75) is 40.5 Å². The smallest absolute Gasteiger partial charge is 0.332 e. The summed E-state index contributed by atoms with van der Waals surface area (Å²) in [5, 5.41) is 43.5. The molecular formula is C21H40N2O10. The van der Waals surface area contributed by atoms with Gasteiger partial charge in [0.1, 0.15) is 11.8 Å². The number of carbonyl (C=O) groups excluding carboxylic acids is 2. The molecule has 0 aromatic rings. The summed E-state index contributed by atoms with van der Waals surface area (Å²) >= 11 is 0. The molecule has 12 heteroatoms. The number of aliphatic hydroxyl groups is 4. The maximum Gasteiger partial charge on any atom is 0.332 e. The molecule has 12 nitrogen and oxygen atoms in total. The van der Waals surface area contributed by atoms with Gasteiger partial charge in [-0.1, -0.05) is 27.4 Å². The van der Waals surface area contributed by atoms with Crippen LogP contribution in [0, 0.1) is 23.2 Å². The molecule has 0 fully saturated rings. The largest absolute Gasteiger partial charge is 0.478 e. The molecule has 0 aliphatic heterocycles. The topological polar surface area (TPSA) is 195 Å². The number of nitrogens with one attached hydrogen (secondary N) is 2. The van der Waals surface area contributed by atoms with Crippen molar-refractivity contribution < 1.29 is 49.6 Å². The van der Waals surface area contributed by atoms with Gasteiger partial charge >= 0.3 is 17.9 Å². The number of aliphatic hydroxyl groups excluding tert-OH is 4. The summed E-state index contributed by atoms with van der Waals surface area (Å²) in [6.45, 7) is 9.54. The number of hydroxylamine groups is 2. The Morgan fingerprint density at radius 3 is 1.67 bits per heavy atom. The van der Waals surface area contributed by atoms with Gasteiger partial charge in [-0.25, -0.2) is 14.4 Å². The van der Waals surface area contributed by atoms with Crippen molar-refractivity contribution in [2.75, 3.05) is 39.5 Å². The molecule has 1 unspecified atom stereocenters. The van der Waals surface area contributed by atoms with E-state index >= 15 is 0 Å². The van der Waals surface area contributed by atoms with Crippen molar-refractivity contribution in [3.05, 3.63) is 12.2 Å². The molecule has 1 atom stereocenters. The van der Waals surface area contributed by atoms with Crippen LogP contribution in [0.3, 0.4) is 0 Å². The molecule has 0 aliphatic carbocycles. The third-order valence-electron chi connectivity index (χ3n) is 4.45. The summed E-state index contributed by atoms with van der Waals surface area (Å²) in [5.41, 5.74) is 5.10. The van der Waals surface area contributed by atoms with Crippen LogP contribution in [0.15, 0.2) is 12.2 Å². The molecule has 0 rings (SSSR count). The first-order valence-corrected chi connectivity index (χ1v) is 10.5. The van der Waals surface area contributed by atoms with E-state index < -0.39 is 56.2 Å². The molecule has 0 amide bonds. The Labute approximate surface area is 194 Å². The normalized spacial score (nSPS) is 12.1. The third-order valence-corrected chi connectivity index (χ3v) is 4.45. The Kier molecular flexibility index (Phi) is 18.4. The van der Waals surface area contributed by atoms with Crippen molar-refractivity contribution in [1.82, 2.24) is 11.0 Å². The average Bonchev–Trinajstić information content (AvgIpc) is 2.72. The van der Waals surface area contributed by atoms with E-state index in [1.807, 2.05) is 20.8 Å². The van der Waals surface area contributed by atoms with Crippen molar-refractivity contribution in [3.63, 3.8) is 0 Å². The molecule has 194 valence electrons. The zero-order valence-electron chi connectivity index (χ0n) is 19.9. The van der Waals surface area contributed by atoms with E-state index in [2.05, 4.69) is 17.5 Å². The molecule has 0 radical (unpaired) electrons. The van der Waals surface area contributed by atoms with Crippen LogP contribution in [-0.4, -0.2) is 83.0 Å². The summed E-state index contributed by atoms with van der Waals surface area (Å²) in [5.74, 6) is -3.97. The monoisotopic (exact) mass is 480 g/mol. The molecule has 0 bridgehead atoms. The van der Waals surface area contributed by atoms with Gasteiger partial charge in [-0.3, -0.25) is 0 Å².